The number of carbonyl (C=O) groups is 12. The van der Waals surface area contributed by atoms with Gasteiger partial charge in [0.15, 0.2) is 0 Å². The van der Waals surface area contributed by atoms with Crippen molar-refractivity contribution in [1.29, 1.82) is 0 Å². The first kappa shape index (κ1) is 88.2. The Balaban J connectivity index is 1.33. The Morgan fingerprint density at radius 3 is 1.90 bits per heavy atom. The topological polar surface area (TPSA) is 289 Å². The van der Waals surface area contributed by atoms with Crippen molar-refractivity contribution in [2.75, 3.05) is 102 Å². The second-order valence-corrected chi connectivity index (χ2v) is 33.1. The van der Waals surface area contributed by atoms with E-state index in [-0.39, 0.29) is 89.6 Å². The third-order valence-electron chi connectivity index (χ3n) is 24.0. The Labute approximate surface area is 634 Å². The summed E-state index contributed by atoms with van der Waals surface area (Å²) in [6, 6.07) is -11.1. The molecule has 0 radical (unpaired) electrons. The van der Waals surface area contributed by atoms with Gasteiger partial charge in [-0.1, -0.05) is 85.3 Å². The van der Waals surface area contributed by atoms with Crippen molar-refractivity contribution in [3.8, 4) is 0 Å². The average molecular weight is 1540 g/mol. The quantitative estimate of drug-likeness (QED) is 0.0989. The van der Waals surface area contributed by atoms with Gasteiger partial charge < -0.3 is 69.5 Å². The summed E-state index contributed by atoms with van der Waals surface area (Å²) >= 11 is 0. The van der Waals surface area contributed by atoms with Crippen molar-refractivity contribution >= 4 is 70.9 Å². The lowest BCUT2D eigenvalue weighted by atomic mass is 9.58. The van der Waals surface area contributed by atoms with Gasteiger partial charge in [0.2, 0.25) is 70.9 Å². The van der Waals surface area contributed by atoms with E-state index in [9.17, 15) is 37.1 Å². The Hall–Kier alpha value is -7.05. The number of fused-ring (bicyclic) bond motifs is 3. The fourth-order valence-electron chi connectivity index (χ4n) is 17.7. The molecule has 4 saturated carbocycles. The summed E-state index contributed by atoms with van der Waals surface area (Å²) in [7, 11) is 9.74. The summed E-state index contributed by atoms with van der Waals surface area (Å²) in [5.74, 6) is -13.3. The van der Waals surface area contributed by atoms with E-state index in [2.05, 4.69) is 22.9 Å². The highest BCUT2D eigenvalue weighted by Crippen LogP contribution is 2.50. The zero-order valence-corrected chi connectivity index (χ0v) is 66.4. The van der Waals surface area contributed by atoms with Crippen LogP contribution in [-0.4, -0.2) is 295 Å². The zero-order chi connectivity index (χ0) is 80.2. The molecule has 12 amide bonds. The van der Waals surface area contributed by atoms with Gasteiger partial charge in [-0.15, -0.1) is 0 Å². The van der Waals surface area contributed by atoms with Gasteiger partial charge in [-0.3, -0.25) is 57.5 Å². The molecule has 2 bridgehead atoms. The van der Waals surface area contributed by atoms with Crippen LogP contribution >= 0.6 is 0 Å². The van der Waals surface area contributed by atoms with Crippen molar-refractivity contribution in [3.05, 3.63) is 12.2 Å². The van der Waals surface area contributed by atoms with Gasteiger partial charge in [0.05, 0.1) is 32.2 Å². The van der Waals surface area contributed by atoms with E-state index < -0.39 is 212 Å². The lowest BCUT2D eigenvalue weighted by Crippen LogP contribution is -2.71. The maximum atomic E-state index is 15.8. The second kappa shape index (κ2) is 38.3. The van der Waals surface area contributed by atoms with Crippen LogP contribution < -0.4 is 16.0 Å². The third kappa shape index (κ3) is 21.5. The average Bonchev–Trinajstić information content (AvgIpc) is 0.954. The number of rotatable bonds is 15. The molecule has 4 aliphatic carbocycles. The highest BCUT2D eigenvalue weighted by molar-refractivity contribution is 6.01. The lowest BCUT2D eigenvalue weighted by molar-refractivity contribution is -0.219. The summed E-state index contributed by atoms with van der Waals surface area (Å²) in [5.41, 5.74) is -2.25. The molecule has 0 aromatic rings. The fraction of sp³-hybridized carbons (Fsp3) is 0.818. The molecular weight excluding hydrogens is 1410 g/mol. The minimum absolute atomic E-state index is 0.00800. The minimum Gasteiger partial charge on any atom is -0.379 e. The molecule has 31 heteroatoms. The van der Waals surface area contributed by atoms with Crippen LogP contribution in [0.3, 0.4) is 0 Å². The van der Waals surface area contributed by atoms with Crippen LogP contribution in [0, 0.1) is 40.9 Å². The van der Waals surface area contributed by atoms with E-state index in [1.165, 1.54) is 73.8 Å². The smallest absolute Gasteiger partial charge is 0.379 e. The predicted molar refractivity (Wildman–Crippen MR) is 392 cm³/mol. The van der Waals surface area contributed by atoms with Crippen LogP contribution in [0.15, 0.2) is 12.2 Å². The molecule has 0 aromatic heterocycles. The summed E-state index contributed by atoms with van der Waals surface area (Å²) in [5, 5.41) is 8.54. The highest BCUT2D eigenvalue weighted by Gasteiger charge is 2.60. The molecule has 3 N–H and O–H groups in total. The highest BCUT2D eigenvalue weighted by atomic mass is 19.4. The number of likely N-dealkylation sites (N-methyl/N-ethyl adjacent to an activating group) is 7. The molecule has 26 nitrogen and oxygen atoms in total. The van der Waals surface area contributed by atoms with Crippen LogP contribution in [0.2, 0.25) is 0 Å². The summed E-state index contributed by atoms with van der Waals surface area (Å²) in [4.78, 5) is 193. The predicted octanol–water partition coefficient (Wildman–Crippen LogP) is 5.83. The number of carbonyl (C=O) groups excluding carboxylic acids is 12. The van der Waals surface area contributed by atoms with Gasteiger partial charge in [0, 0.05) is 82.2 Å². The zero-order valence-electron chi connectivity index (χ0n) is 66.4. The van der Waals surface area contributed by atoms with Crippen LogP contribution in [0.1, 0.15) is 184 Å². The molecular formula is C77H123F5N12O14. The molecule has 7 aliphatic rings. The molecule has 1 spiro atoms. The minimum atomic E-state index is -5.17. The fourth-order valence-corrected chi connectivity index (χ4v) is 17.7. The van der Waals surface area contributed by atoms with Crippen molar-refractivity contribution in [2.45, 2.75) is 262 Å². The standard InChI is InChI=1S/C77H123F5N12O14/c1-16-34-107-43-59-66(98)84-64(48(6)108-18-3)72(104)88(11)42-62(97)89(12)55-26-20-19-23-33-93(71(55)103)58(38-49-29-27-46(4)28-30-49)70(102)87(10)41-60(95)83-54(32-31-50-36-52(78)63(53(79)37-50)77(80,81)82)68(100)94-40-47(5)35-56(94)67(99)85-76(44-75(7,8)45-76)74(106)92(15)65(51-24-21-22-25-51)73(105)91(14)57(39-61(96)90(59)13)69(101)86(9)17-2/h19-20,46-59,63-65H,16-18,21-45H2,1-15H3,(H,83,95)(H,84,98)(H,85,99)/b20-19-/t46?,47-,48+,49?,50?,52?,53?,54-,55-,56-,57-,58-,59-,63?,64-,65-/m0/s1. The van der Waals surface area contributed by atoms with Gasteiger partial charge >= 0.3 is 6.18 Å². The molecule has 108 heavy (non-hydrogen) atoms. The van der Waals surface area contributed by atoms with E-state index >= 15 is 42.3 Å². The van der Waals surface area contributed by atoms with Crippen LogP contribution in [0.4, 0.5) is 22.0 Å². The normalized spacial score (nSPS) is 32.3. The maximum absolute atomic E-state index is 15.8. The van der Waals surface area contributed by atoms with Gasteiger partial charge in [-0.2, -0.15) is 13.2 Å². The molecule has 3 aliphatic heterocycles. The van der Waals surface area contributed by atoms with Crippen LogP contribution in [0.25, 0.3) is 0 Å². The number of amides is 12. The molecule has 12 atom stereocenters. The number of hydrogen-bond acceptors (Lipinski definition) is 14. The third-order valence-corrected chi connectivity index (χ3v) is 24.0. The van der Waals surface area contributed by atoms with E-state index in [4.69, 9.17) is 9.47 Å². The number of halogens is 5. The van der Waals surface area contributed by atoms with Gasteiger partial charge in [0.1, 0.15) is 72.1 Å². The molecule has 0 aromatic carbocycles. The molecule has 3 heterocycles. The number of nitrogens with one attached hydrogen (secondary N) is 3. The summed E-state index contributed by atoms with van der Waals surface area (Å²) < 4.78 is 84.8. The Bertz CT molecular complexity index is 3200. The first-order chi connectivity index (χ1) is 50.7. The van der Waals surface area contributed by atoms with E-state index in [1.807, 2.05) is 26.8 Å². The number of ether oxygens (including phenoxy) is 2. The summed E-state index contributed by atoms with van der Waals surface area (Å²) in [6.45, 7) is 13.1. The SMILES string of the molecule is CCCOC[C@H]1C(=O)N[C@@H]([C@@H](C)OCC)C(=O)N(C)CC(=O)N(C)[C@H]2C/C=C\CCN(C2=O)[C@@H](CC2CCC(C)CC2)C(=O)N(C)CC(=O)N[C@@H](CCC2CC(F)C(C(F)(F)F)C(F)C2)C(=O)N2C[C@@H](C)C[C@H]2C(=O)NC2(CC(C)(C)C2)C(=O)N(C)[C@@H](C2CCCC2)C(=O)N(C)[C@H](C(=O)N(C)CC)CC(=O)N1C. The Morgan fingerprint density at radius 2 is 1.31 bits per heavy atom. The van der Waals surface area contributed by atoms with Crippen LogP contribution in [-0.2, 0) is 67.0 Å². The lowest BCUT2D eigenvalue weighted by Gasteiger charge is -2.54. The Morgan fingerprint density at radius 1 is 0.676 bits per heavy atom. The van der Waals surface area contributed by atoms with E-state index in [0.29, 0.717) is 44.4 Å². The molecule has 2 unspecified atom stereocenters. The molecule has 610 valence electrons. The van der Waals surface area contributed by atoms with Crippen molar-refractivity contribution in [3.63, 3.8) is 0 Å². The first-order valence-electron chi connectivity index (χ1n) is 39.2. The Kier molecular flexibility index (Phi) is 31.2. The number of nitrogens with zero attached hydrogens (tertiary/aromatic N) is 9. The molecule has 7 rings (SSSR count). The monoisotopic (exact) mass is 1530 g/mol. The van der Waals surface area contributed by atoms with Gasteiger partial charge in [0.25, 0.3) is 0 Å². The maximum Gasteiger partial charge on any atom is 0.397 e. The van der Waals surface area contributed by atoms with Crippen LogP contribution in [0.5, 0.6) is 0 Å². The van der Waals surface area contributed by atoms with Crippen molar-refractivity contribution in [2.24, 2.45) is 40.9 Å². The second-order valence-electron chi connectivity index (χ2n) is 33.1. The van der Waals surface area contributed by atoms with E-state index in [0.717, 1.165) is 45.3 Å². The van der Waals surface area contributed by atoms with Gasteiger partial charge in [-0.05, 0) is 139 Å². The number of hydrogen-bond donors (Lipinski definition) is 3. The van der Waals surface area contributed by atoms with Crippen molar-refractivity contribution < 1.29 is 89.0 Å². The van der Waals surface area contributed by atoms with E-state index in [1.54, 1.807) is 33.8 Å². The summed E-state index contributed by atoms with van der Waals surface area (Å²) in [6.07, 6.45) is -3.91. The largest absolute Gasteiger partial charge is 0.397 e. The van der Waals surface area contributed by atoms with Crippen molar-refractivity contribution in [1.82, 2.24) is 60.0 Å². The first-order valence-corrected chi connectivity index (χ1v) is 39.2. The number of alkyl halides is 5. The van der Waals surface area contributed by atoms with Gasteiger partial charge in [-0.25, -0.2) is 8.78 Å². The molecule has 2 saturated heterocycles. The molecule has 6 fully saturated rings.